The van der Waals surface area contributed by atoms with Gasteiger partial charge in [-0.3, -0.25) is 9.59 Å². The van der Waals surface area contributed by atoms with Crippen LogP contribution in [0.1, 0.15) is 47.1 Å². The number of carbonyl (C=O) groups is 2. The second-order valence-corrected chi connectivity index (χ2v) is 11.0. The van der Waals surface area contributed by atoms with Crippen molar-refractivity contribution in [1.29, 1.82) is 0 Å². The Labute approximate surface area is 250 Å². The van der Waals surface area contributed by atoms with E-state index >= 15 is 0 Å². The molecule has 220 valence electrons. The summed E-state index contributed by atoms with van der Waals surface area (Å²) < 4.78 is 10.4. The third kappa shape index (κ3) is 5.88. The number of hydrogen-bond acceptors (Lipinski definition) is 7. The molecule has 2 aliphatic heterocycles. The zero-order valence-corrected chi connectivity index (χ0v) is 24.3. The van der Waals surface area contributed by atoms with Crippen LogP contribution in [0.5, 0.6) is 11.6 Å². The summed E-state index contributed by atoms with van der Waals surface area (Å²) in [5.74, 6) is 0.929. The van der Waals surface area contributed by atoms with Gasteiger partial charge in [0.2, 0.25) is 11.8 Å². The van der Waals surface area contributed by atoms with E-state index in [-0.39, 0.29) is 18.2 Å². The van der Waals surface area contributed by atoms with Crippen LogP contribution in [0.25, 0.3) is 11.3 Å². The number of rotatable bonds is 10. The van der Waals surface area contributed by atoms with E-state index in [2.05, 4.69) is 34.1 Å². The van der Waals surface area contributed by atoms with Crippen molar-refractivity contribution in [1.82, 2.24) is 14.9 Å². The first kappa shape index (κ1) is 28.2. The molecule has 0 bridgehead atoms. The molecule has 2 unspecified atom stereocenters. The molecular weight excluding hydrogens is 544 g/mol. The number of nitrogens with zero attached hydrogens (tertiary/aromatic N) is 4. The highest BCUT2D eigenvalue weighted by Gasteiger charge is 2.42. The highest BCUT2D eigenvalue weighted by molar-refractivity contribution is 5.90. The minimum atomic E-state index is -0.971. The lowest BCUT2D eigenvalue weighted by molar-refractivity contribution is -0.149. The van der Waals surface area contributed by atoms with E-state index in [0.29, 0.717) is 18.0 Å². The molecule has 2 atom stereocenters. The van der Waals surface area contributed by atoms with E-state index in [1.165, 1.54) is 18.2 Å². The molecule has 0 aliphatic carbocycles. The number of likely N-dealkylation sites (tertiary alicyclic amines) is 1. The van der Waals surface area contributed by atoms with Gasteiger partial charge in [-0.1, -0.05) is 48.5 Å². The predicted octanol–water partition coefficient (Wildman–Crippen LogP) is 5.26. The summed E-state index contributed by atoms with van der Waals surface area (Å²) in [5, 5.41) is 9.51. The molecule has 2 aromatic heterocycles. The minimum Gasteiger partial charge on any atom is -0.497 e. The lowest BCUT2D eigenvalue weighted by Crippen LogP contribution is -2.52. The Kier molecular flexibility index (Phi) is 7.96. The number of fused-ring (bicyclic) bond motifs is 1. The van der Waals surface area contributed by atoms with Gasteiger partial charge in [0.25, 0.3) is 0 Å². The van der Waals surface area contributed by atoms with Crippen LogP contribution in [0.4, 0.5) is 5.82 Å². The summed E-state index contributed by atoms with van der Waals surface area (Å²) in [4.78, 5) is 38.1. The van der Waals surface area contributed by atoms with Gasteiger partial charge in [0, 0.05) is 37.5 Å². The van der Waals surface area contributed by atoms with E-state index in [9.17, 15) is 14.7 Å². The number of methoxy groups -OCH3 is 2. The van der Waals surface area contributed by atoms with Crippen molar-refractivity contribution in [2.45, 2.75) is 37.8 Å². The van der Waals surface area contributed by atoms with Gasteiger partial charge in [0.1, 0.15) is 11.6 Å². The SMILES string of the molecule is COc1ccc(CN2CCCc3ccc(-c4ccc(C5CN(C(CC(=O)O)c6ccc(OC)nc6)C5=O)cc4)nc32)cc1. The van der Waals surface area contributed by atoms with Crippen LogP contribution in [-0.4, -0.2) is 59.2 Å². The Balaban J connectivity index is 1.16. The monoisotopic (exact) mass is 578 g/mol. The molecule has 2 aromatic carbocycles. The number of aryl methyl sites for hydroxylation is 1. The molecule has 1 amide bonds. The average Bonchev–Trinajstić information content (AvgIpc) is 3.04. The molecule has 2 aliphatic rings. The van der Waals surface area contributed by atoms with Crippen LogP contribution in [0.3, 0.4) is 0 Å². The maximum Gasteiger partial charge on any atom is 0.305 e. The molecule has 4 heterocycles. The molecule has 1 saturated heterocycles. The summed E-state index contributed by atoms with van der Waals surface area (Å²) >= 11 is 0. The van der Waals surface area contributed by atoms with E-state index in [1.807, 2.05) is 36.4 Å². The summed E-state index contributed by atoms with van der Waals surface area (Å²) in [6.07, 6.45) is 3.49. The van der Waals surface area contributed by atoms with Gasteiger partial charge in [-0.2, -0.15) is 0 Å². The molecule has 0 spiro atoms. The topological polar surface area (TPSA) is 105 Å². The van der Waals surface area contributed by atoms with Crippen LogP contribution in [0.2, 0.25) is 0 Å². The van der Waals surface area contributed by atoms with Crippen LogP contribution in [0, 0.1) is 0 Å². The fourth-order valence-electron chi connectivity index (χ4n) is 5.93. The minimum absolute atomic E-state index is 0.0871. The van der Waals surface area contributed by atoms with Crippen molar-refractivity contribution in [3.63, 3.8) is 0 Å². The van der Waals surface area contributed by atoms with E-state index in [1.54, 1.807) is 30.3 Å². The quantitative estimate of drug-likeness (QED) is 0.254. The van der Waals surface area contributed by atoms with Crippen molar-refractivity contribution >= 4 is 17.7 Å². The van der Waals surface area contributed by atoms with Crippen molar-refractivity contribution in [3.05, 3.63) is 101 Å². The first-order chi connectivity index (χ1) is 20.9. The normalized spacial score (nSPS) is 16.7. The van der Waals surface area contributed by atoms with E-state index < -0.39 is 12.0 Å². The Morgan fingerprint density at radius 2 is 1.79 bits per heavy atom. The maximum atomic E-state index is 13.3. The zero-order valence-electron chi connectivity index (χ0n) is 24.3. The molecule has 1 fully saturated rings. The molecule has 43 heavy (non-hydrogen) atoms. The lowest BCUT2D eigenvalue weighted by Gasteiger charge is -2.43. The third-order valence-electron chi connectivity index (χ3n) is 8.33. The van der Waals surface area contributed by atoms with Crippen LogP contribution < -0.4 is 14.4 Å². The van der Waals surface area contributed by atoms with Crippen molar-refractivity contribution < 1.29 is 24.2 Å². The van der Waals surface area contributed by atoms with E-state index in [4.69, 9.17) is 14.5 Å². The van der Waals surface area contributed by atoms with Gasteiger partial charge in [0.05, 0.1) is 38.3 Å². The van der Waals surface area contributed by atoms with Gasteiger partial charge in [-0.15, -0.1) is 0 Å². The number of carboxylic acid groups (broad SMARTS) is 1. The fourth-order valence-corrected chi connectivity index (χ4v) is 5.93. The summed E-state index contributed by atoms with van der Waals surface area (Å²) in [6, 6.07) is 23.2. The largest absolute Gasteiger partial charge is 0.497 e. The third-order valence-corrected chi connectivity index (χ3v) is 8.33. The van der Waals surface area contributed by atoms with Crippen molar-refractivity contribution in [2.24, 2.45) is 0 Å². The molecule has 0 saturated carbocycles. The van der Waals surface area contributed by atoms with Gasteiger partial charge < -0.3 is 24.4 Å². The number of carboxylic acids is 1. The first-order valence-corrected chi connectivity index (χ1v) is 14.4. The average molecular weight is 579 g/mol. The Hall–Kier alpha value is -4.92. The molecule has 4 aromatic rings. The number of carbonyl (C=O) groups excluding carboxylic acids is 1. The Morgan fingerprint density at radius 1 is 1.00 bits per heavy atom. The molecule has 9 heteroatoms. The number of ether oxygens (including phenoxy) is 2. The van der Waals surface area contributed by atoms with Crippen molar-refractivity contribution in [2.75, 3.05) is 32.2 Å². The number of amides is 1. The maximum absolute atomic E-state index is 13.3. The van der Waals surface area contributed by atoms with Gasteiger partial charge in [-0.25, -0.2) is 9.97 Å². The second-order valence-electron chi connectivity index (χ2n) is 11.0. The lowest BCUT2D eigenvalue weighted by atomic mass is 9.86. The number of β-lactam (4-membered cyclic amide) rings is 1. The van der Waals surface area contributed by atoms with E-state index in [0.717, 1.165) is 54.3 Å². The van der Waals surface area contributed by atoms with Crippen LogP contribution >= 0.6 is 0 Å². The number of hydrogen-bond donors (Lipinski definition) is 1. The standard InChI is InChI=1S/C34H34N4O5/c1-42-27-13-5-22(6-14-27)20-37-17-3-4-25-11-15-29(36-33(25)37)24-9-7-23(8-10-24)28-21-38(34(28)41)30(18-32(39)40)26-12-16-31(43-2)35-19-26/h5-16,19,28,30H,3-4,17-18,20-21H2,1-2H3,(H,39,40). The number of aromatic nitrogens is 2. The summed E-state index contributed by atoms with van der Waals surface area (Å²) in [6.45, 7) is 2.17. The Bertz CT molecular complexity index is 1610. The second kappa shape index (κ2) is 12.1. The summed E-state index contributed by atoms with van der Waals surface area (Å²) in [7, 11) is 3.19. The number of aliphatic carboxylic acids is 1. The van der Waals surface area contributed by atoms with Crippen LogP contribution in [-0.2, 0) is 22.6 Å². The Morgan fingerprint density at radius 3 is 2.44 bits per heavy atom. The van der Waals surface area contributed by atoms with Gasteiger partial charge >= 0.3 is 5.97 Å². The summed E-state index contributed by atoms with van der Waals surface area (Å²) in [5.41, 5.74) is 5.91. The predicted molar refractivity (Wildman–Crippen MR) is 162 cm³/mol. The van der Waals surface area contributed by atoms with Gasteiger partial charge in [-0.05, 0) is 53.3 Å². The first-order valence-electron chi connectivity index (χ1n) is 14.4. The smallest absolute Gasteiger partial charge is 0.305 e. The molecule has 0 radical (unpaired) electrons. The fraction of sp³-hybridized carbons (Fsp3) is 0.294. The molecule has 6 rings (SSSR count). The molecule has 9 nitrogen and oxygen atoms in total. The van der Waals surface area contributed by atoms with Crippen molar-refractivity contribution in [3.8, 4) is 22.9 Å². The zero-order chi connectivity index (χ0) is 29.9. The van der Waals surface area contributed by atoms with Gasteiger partial charge in [0.15, 0.2) is 0 Å². The number of benzene rings is 2. The van der Waals surface area contributed by atoms with Crippen LogP contribution in [0.15, 0.2) is 79.0 Å². The highest BCUT2D eigenvalue weighted by atomic mass is 16.5. The number of pyridine rings is 2. The highest BCUT2D eigenvalue weighted by Crippen LogP contribution is 2.38. The number of anilines is 1. The molecule has 1 N–H and O–H groups in total. The molecular formula is C34H34N4O5.